The largest absolute Gasteiger partial charge is 0.467 e. The number of unbranched alkanes of at least 4 members (excludes halogenated alkanes) is 1. The minimum Gasteiger partial charge on any atom is -0.467 e. The molecule has 0 aliphatic heterocycles. The second kappa shape index (κ2) is 14.4. The van der Waals surface area contributed by atoms with Gasteiger partial charge in [-0.15, -0.1) is 0 Å². The van der Waals surface area contributed by atoms with Gasteiger partial charge >= 0.3 is 11.9 Å². The van der Waals surface area contributed by atoms with Crippen molar-refractivity contribution < 1.29 is 29.2 Å². The lowest BCUT2D eigenvalue weighted by Crippen LogP contribution is -2.04. The van der Waals surface area contributed by atoms with Gasteiger partial charge < -0.3 is 9.84 Å². The van der Waals surface area contributed by atoms with Crippen LogP contribution in [0.25, 0.3) is 0 Å². The summed E-state index contributed by atoms with van der Waals surface area (Å²) in [6.07, 6.45) is 3.11. The van der Waals surface area contributed by atoms with Crippen molar-refractivity contribution >= 4 is 27.9 Å². The van der Waals surface area contributed by atoms with Crippen molar-refractivity contribution in [1.29, 1.82) is 0 Å². The highest BCUT2D eigenvalue weighted by Gasteiger charge is 1.97. The number of aliphatic hydroxyl groups excluding tert-OH is 1. The number of hydrogen-bond acceptors (Lipinski definition) is 6. The zero-order valence-corrected chi connectivity index (χ0v) is 12.6. The van der Waals surface area contributed by atoms with Crippen LogP contribution in [0.4, 0.5) is 0 Å². The normalized spacial score (nSPS) is 10.9. The van der Waals surface area contributed by atoms with Crippen molar-refractivity contribution in [3.8, 4) is 0 Å². The van der Waals surface area contributed by atoms with E-state index in [2.05, 4.69) is 37.4 Å². The molecule has 0 aromatic rings. The highest BCUT2D eigenvalue weighted by atomic mass is 79.9. The van der Waals surface area contributed by atoms with Crippen molar-refractivity contribution in [3.05, 3.63) is 0 Å². The molecule has 7 heteroatoms. The molecule has 18 heavy (non-hydrogen) atoms. The lowest BCUT2D eigenvalue weighted by atomic mass is 10.2. The van der Waals surface area contributed by atoms with Gasteiger partial charge in [0.25, 0.3) is 0 Å². The van der Waals surface area contributed by atoms with E-state index in [4.69, 9.17) is 5.11 Å². The van der Waals surface area contributed by atoms with Gasteiger partial charge in [0, 0.05) is 11.8 Å². The lowest BCUT2D eigenvalue weighted by molar-refractivity contribution is -0.270. The Balaban J connectivity index is 0. The van der Waals surface area contributed by atoms with Crippen LogP contribution in [-0.2, 0) is 24.1 Å². The summed E-state index contributed by atoms with van der Waals surface area (Å²) < 4.78 is 4.01. The van der Waals surface area contributed by atoms with Gasteiger partial charge in [0.15, 0.2) is 0 Å². The molecule has 1 N–H and O–H groups in total. The summed E-state index contributed by atoms with van der Waals surface area (Å²) in [7, 11) is 1.22. The summed E-state index contributed by atoms with van der Waals surface area (Å²) in [5.74, 6) is -1.00. The van der Waals surface area contributed by atoms with Crippen LogP contribution < -0.4 is 0 Å². The molecule has 0 aliphatic carbocycles. The van der Waals surface area contributed by atoms with Gasteiger partial charge in [-0.25, -0.2) is 9.59 Å². The number of carbonyl (C=O) groups is 2. The van der Waals surface area contributed by atoms with Crippen LogP contribution in [0.5, 0.6) is 0 Å². The Labute approximate surface area is 116 Å². The van der Waals surface area contributed by atoms with Gasteiger partial charge in [-0.1, -0.05) is 22.9 Å². The highest BCUT2D eigenvalue weighted by molar-refractivity contribution is 9.09. The first-order valence-electron chi connectivity index (χ1n) is 5.55. The Bertz CT molecular complexity index is 214. The molecule has 0 rings (SSSR count). The molecule has 1 atom stereocenters. The van der Waals surface area contributed by atoms with Gasteiger partial charge in [0.05, 0.1) is 13.7 Å². The number of esters is 1. The van der Waals surface area contributed by atoms with Crippen LogP contribution in [0.2, 0.25) is 0 Å². The standard InChI is InChI=1S/C8H15BrO3.C3H6O3/c1-7(9)5-3-4-6-11-12-8(2)10;1-6-3(5)2-4/h7H,3-6H2,1-2H3;4H,2H2,1H3. The average Bonchev–Trinajstić information content (AvgIpc) is 2.32. The number of methoxy groups -OCH3 is 1. The summed E-state index contributed by atoms with van der Waals surface area (Å²) >= 11 is 3.44. The van der Waals surface area contributed by atoms with Gasteiger partial charge in [0.1, 0.15) is 6.61 Å². The van der Waals surface area contributed by atoms with Crippen LogP contribution in [0.15, 0.2) is 0 Å². The van der Waals surface area contributed by atoms with Crippen molar-refractivity contribution in [2.45, 2.75) is 37.9 Å². The quantitative estimate of drug-likeness (QED) is 0.251. The lowest BCUT2D eigenvalue weighted by Gasteiger charge is -2.02. The Kier molecular flexibility index (Phi) is 15.7. The number of hydrogen-bond donors (Lipinski definition) is 1. The molecule has 1 unspecified atom stereocenters. The number of rotatable bonds is 7. The molecular formula is C11H21BrO6. The van der Waals surface area contributed by atoms with E-state index in [0.29, 0.717) is 11.4 Å². The fourth-order valence-corrected chi connectivity index (χ4v) is 1.10. The van der Waals surface area contributed by atoms with Gasteiger partial charge in [-0.3, -0.25) is 4.89 Å². The molecular weight excluding hydrogens is 308 g/mol. The van der Waals surface area contributed by atoms with Crippen molar-refractivity contribution in [2.24, 2.45) is 0 Å². The predicted molar refractivity (Wildman–Crippen MR) is 69.1 cm³/mol. The zero-order chi connectivity index (χ0) is 14.4. The maximum absolute atomic E-state index is 10.2. The van der Waals surface area contributed by atoms with Crippen molar-refractivity contribution in [1.82, 2.24) is 0 Å². The molecule has 0 aliphatic rings. The SMILES string of the molecule is CC(=O)OOCCCCC(C)Br.COC(=O)CO. The predicted octanol–water partition coefficient (Wildman–Crippen LogP) is 1.59. The van der Waals surface area contributed by atoms with E-state index in [9.17, 15) is 9.59 Å². The molecule has 0 spiro atoms. The van der Waals surface area contributed by atoms with Crippen LogP contribution in [0.1, 0.15) is 33.1 Å². The molecule has 0 bridgehead atoms. The minimum absolute atomic E-state index is 0.399. The van der Waals surface area contributed by atoms with E-state index in [1.165, 1.54) is 14.0 Å². The smallest absolute Gasteiger partial charge is 0.339 e. The van der Waals surface area contributed by atoms with Gasteiger partial charge in [-0.2, -0.15) is 4.89 Å². The molecule has 0 aromatic carbocycles. The summed E-state index contributed by atoms with van der Waals surface area (Å²) in [5.41, 5.74) is 0. The topological polar surface area (TPSA) is 82.1 Å². The zero-order valence-electron chi connectivity index (χ0n) is 11.0. The summed E-state index contributed by atoms with van der Waals surface area (Å²) in [6.45, 7) is 3.38. The monoisotopic (exact) mass is 328 g/mol. The Morgan fingerprint density at radius 2 is 1.94 bits per heavy atom. The fourth-order valence-electron chi connectivity index (χ4n) is 0.776. The van der Waals surface area contributed by atoms with Crippen LogP contribution in [0, 0.1) is 0 Å². The number of halogens is 1. The highest BCUT2D eigenvalue weighted by Crippen LogP contribution is 2.08. The second-order valence-corrected chi connectivity index (χ2v) is 4.97. The van der Waals surface area contributed by atoms with E-state index in [-0.39, 0.29) is 0 Å². The molecule has 0 heterocycles. The summed E-state index contributed by atoms with van der Waals surface area (Å²) in [4.78, 5) is 29.4. The molecule has 0 saturated heterocycles. The molecule has 0 radical (unpaired) electrons. The first kappa shape index (κ1) is 19.7. The number of carbonyl (C=O) groups excluding carboxylic acids is 2. The van der Waals surface area contributed by atoms with Crippen LogP contribution in [-0.4, -0.2) is 42.2 Å². The van der Waals surface area contributed by atoms with Crippen LogP contribution in [0.3, 0.4) is 0 Å². The maximum atomic E-state index is 10.2. The Morgan fingerprint density at radius 1 is 1.33 bits per heavy atom. The second-order valence-electron chi connectivity index (χ2n) is 3.41. The van der Waals surface area contributed by atoms with Gasteiger partial charge in [-0.05, 0) is 19.3 Å². The molecule has 0 aromatic heterocycles. The Hall–Kier alpha value is -0.660. The number of ether oxygens (including phenoxy) is 1. The van der Waals surface area contributed by atoms with E-state index >= 15 is 0 Å². The molecule has 0 fully saturated rings. The third kappa shape index (κ3) is 20.7. The molecule has 108 valence electrons. The Morgan fingerprint density at radius 3 is 2.28 bits per heavy atom. The molecule has 0 saturated carbocycles. The van der Waals surface area contributed by atoms with E-state index in [1.54, 1.807) is 0 Å². The number of alkyl halides is 1. The maximum Gasteiger partial charge on any atom is 0.339 e. The first-order valence-corrected chi connectivity index (χ1v) is 6.47. The van der Waals surface area contributed by atoms with Crippen LogP contribution >= 0.6 is 15.9 Å². The van der Waals surface area contributed by atoms with E-state index in [1.807, 2.05) is 0 Å². The molecule has 6 nitrogen and oxygen atoms in total. The number of aliphatic hydroxyl groups is 1. The first-order chi connectivity index (χ1) is 8.43. The summed E-state index contributed by atoms with van der Waals surface area (Å²) in [5, 5.41) is 7.86. The van der Waals surface area contributed by atoms with E-state index in [0.717, 1.165) is 19.3 Å². The fraction of sp³-hybridized carbons (Fsp3) is 0.818. The van der Waals surface area contributed by atoms with E-state index < -0.39 is 18.5 Å². The van der Waals surface area contributed by atoms with Crippen molar-refractivity contribution in [2.75, 3.05) is 20.3 Å². The van der Waals surface area contributed by atoms with Gasteiger partial charge in [0.2, 0.25) is 0 Å². The third-order valence-corrected chi connectivity index (χ3v) is 2.07. The third-order valence-electron chi connectivity index (χ3n) is 1.61. The summed E-state index contributed by atoms with van der Waals surface area (Å²) in [6, 6.07) is 0. The molecule has 0 amide bonds. The van der Waals surface area contributed by atoms with Crippen molar-refractivity contribution in [3.63, 3.8) is 0 Å². The average molecular weight is 329 g/mol. The minimum atomic E-state index is -0.602.